The first-order valence-electron chi connectivity index (χ1n) is 8.30. The molecule has 1 saturated carbocycles. The Bertz CT molecular complexity index is 657. The third kappa shape index (κ3) is 4.24. The van der Waals surface area contributed by atoms with Crippen LogP contribution in [-0.4, -0.2) is 29.3 Å². The van der Waals surface area contributed by atoms with Crippen LogP contribution in [0.1, 0.15) is 30.4 Å². The molecule has 2 N–H and O–H groups in total. The molecule has 128 valence electrons. The van der Waals surface area contributed by atoms with E-state index in [1.54, 1.807) is 19.5 Å². The number of nitrogens with zero attached hydrogens (tertiary/aromatic N) is 1. The van der Waals surface area contributed by atoms with Crippen LogP contribution in [0.25, 0.3) is 0 Å². The Morgan fingerprint density at radius 3 is 2.75 bits per heavy atom. The number of nitrogens with one attached hydrogen (secondary N) is 1. The molecule has 1 aliphatic carbocycles. The van der Waals surface area contributed by atoms with Crippen LogP contribution in [0.5, 0.6) is 11.5 Å². The maximum atomic E-state index is 10.1. The molecule has 2 aromatic rings. The zero-order valence-electron chi connectivity index (χ0n) is 14.0. The molecule has 0 atom stereocenters. The molecule has 0 saturated heterocycles. The van der Waals surface area contributed by atoms with Crippen molar-refractivity contribution in [1.29, 1.82) is 0 Å². The normalized spacial score (nSPS) is 15.6. The molecule has 1 aliphatic rings. The van der Waals surface area contributed by atoms with Gasteiger partial charge in [0.2, 0.25) is 0 Å². The molecule has 0 radical (unpaired) electrons. The smallest absolute Gasteiger partial charge is 0.161 e. The minimum Gasteiger partial charge on any atom is -0.493 e. The third-order valence-electron chi connectivity index (χ3n) is 4.41. The first-order chi connectivity index (χ1) is 11.7. The summed E-state index contributed by atoms with van der Waals surface area (Å²) >= 11 is 0. The van der Waals surface area contributed by atoms with Gasteiger partial charge in [-0.05, 0) is 43.0 Å². The summed E-state index contributed by atoms with van der Waals surface area (Å²) in [6.45, 7) is 1.77. The minimum absolute atomic E-state index is 0.445. The Hall–Kier alpha value is -2.11. The van der Waals surface area contributed by atoms with E-state index in [4.69, 9.17) is 9.47 Å². The second-order valence-electron chi connectivity index (χ2n) is 6.32. The number of pyridine rings is 1. The number of aromatic nitrogens is 1. The molecule has 0 bridgehead atoms. The van der Waals surface area contributed by atoms with Crippen LogP contribution >= 0.6 is 0 Å². The van der Waals surface area contributed by atoms with Crippen molar-refractivity contribution in [2.45, 2.75) is 38.0 Å². The summed E-state index contributed by atoms with van der Waals surface area (Å²) in [5, 5.41) is 13.4. The second-order valence-corrected chi connectivity index (χ2v) is 6.32. The van der Waals surface area contributed by atoms with Crippen molar-refractivity contribution in [1.82, 2.24) is 10.3 Å². The van der Waals surface area contributed by atoms with Crippen molar-refractivity contribution in [2.75, 3.05) is 13.7 Å². The lowest BCUT2D eigenvalue weighted by atomic mass is 9.80. The minimum atomic E-state index is -0.508. The van der Waals surface area contributed by atoms with Gasteiger partial charge < -0.3 is 19.9 Å². The van der Waals surface area contributed by atoms with Gasteiger partial charge >= 0.3 is 0 Å². The van der Waals surface area contributed by atoms with Crippen molar-refractivity contribution < 1.29 is 14.6 Å². The number of aliphatic hydroxyl groups is 1. The fourth-order valence-electron chi connectivity index (χ4n) is 2.79. The van der Waals surface area contributed by atoms with E-state index in [1.807, 2.05) is 30.3 Å². The molecule has 1 aromatic carbocycles. The fraction of sp³-hybridized carbons (Fsp3) is 0.421. The van der Waals surface area contributed by atoms with Gasteiger partial charge in [-0.25, -0.2) is 0 Å². The number of methoxy groups -OCH3 is 1. The van der Waals surface area contributed by atoms with Gasteiger partial charge in [0.1, 0.15) is 6.61 Å². The standard InChI is InChI=1S/C19H24N2O3/c1-23-17-6-5-15(11-21-14-19(22)7-3-8-19)10-18(17)24-13-16-4-2-9-20-12-16/h2,4-6,9-10,12,21-22H,3,7-8,11,13-14H2,1H3. The number of rotatable bonds is 8. The van der Waals surface area contributed by atoms with E-state index in [2.05, 4.69) is 10.3 Å². The zero-order valence-corrected chi connectivity index (χ0v) is 14.0. The Morgan fingerprint density at radius 1 is 1.21 bits per heavy atom. The second kappa shape index (κ2) is 7.64. The fourth-order valence-corrected chi connectivity index (χ4v) is 2.79. The molecule has 5 heteroatoms. The highest BCUT2D eigenvalue weighted by Crippen LogP contribution is 2.31. The van der Waals surface area contributed by atoms with Crippen LogP contribution in [-0.2, 0) is 13.2 Å². The molecule has 3 rings (SSSR count). The Balaban J connectivity index is 1.59. The lowest BCUT2D eigenvalue weighted by Gasteiger charge is -2.36. The van der Waals surface area contributed by atoms with Gasteiger partial charge in [0, 0.05) is 31.0 Å². The maximum absolute atomic E-state index is 10.1. The molecule has 1 heterocycles. The van der Waals surface area contributed by atoms with Gasteiger partial charge in [-0.15, -0.1) is 0 Å². The van der Waals surface area contributed by atoms with Crippen LogP contribution in [0, 0.1) is 0 Å². The van der Waals surface area contributed by atoms with Crippen LogP contribution in [0.15, 0.2) is 42.7 Å². The molecule has 1 fully saturated rings. The highest BCUT2D eigenvalue weighted by atomic mass is 16.5. The summed E-state index contributed by atoms with van der Waals surface area (Å²) in [6.07, 6.45) is 6.43. The summed E-state index contributed by atoms with van der Waals surface area (Å²) in [6, 6.07) is 9.76. The van der Waals surface area contributed by atoms with Crippen molar-refractivity contribution in [3.8, 4) is 11.5 Å². The van der Waals surface area contributed by atoms with Gasteiger partial charge in [-0.1, -0.05) is 12.1 Å². The van der Waals surface area contributed by atoms with Crippen LogP contribution in [0.4, 0.5) is 0 Å². The summed E-state index contributed by atoms with van der Waals surface area (Å²) in [5.74, 6) is 1.42. The summed E-state index contributed by atoms with van der Waals surface area (Å²) in [4.78, 5) is 4.09. The van der Waals surface area contributed by atoms with Crippen molar-refractivity contribution in [3.05, 3.63) is 53.9 Å². The average Bonchev–Trinajstić information content (AvgIpc) is 2.59. The number of hydrogen-bond donors (Lipinski definition) is 2. The van der Waals surface area contributed by atoms with E-state index in [9.17, 15) is 5.11 Å². The first kappa shape index (κ1) is 16.7. The summed E-state index contributed by atoms with van der Waals surface area (Å²) < 4.78 is 11.3. The molecule has 0 amide bonds. The van der Waals surface area contributed by atoms with Crippen molar-refractivity contribution in [3.63, 3.8) is 0 Å². The average molecular weight is 328 g/mol. The van der Waals surface area contributed by atoms with Crippen LogP contribution in [0.3, 0.4) is 0 Å². The predicted octanol–water partition coefficient (Wildman–Crippen LogP) is 2.67. The number of hydrogen-bond acceptors (Lipinski definition) is 5. The van der Waals surface area contributed by atoms with E-state index in [0.29, 0.717) is 31.2 Å². The lowest BCUT2D eigenvalue weighted by molar-refractivity contribution is -0.0314. The van der Waals surface area contributed by atoms with E-state index >= 15 is 0 Å². The Labute approximate surface area is 142 Å². The third-order valence-corrected chi connectivity index (χ3v) is 4.41. The largest absolute Gasteiger partial charge is 0.493 e. The van der Waals surface area contributed by atoms with Crippen molar-refractivity contribution >= 4 is 0 Å². The molecule has 0 spiro atoms. The predicted molar refractivity (Wildman–Crippen MR) is 92.1 cm³/mol. The number of ether oxygens (including phenoxy) is 2. The molecule has 0 aliphatic heterocycles. The lowest BCUT2D eigenvalue weighted by Crippen LogP contribution is -2.45. The Kier molecular flexibility index (Phi) is 5.33. The zero-order chi connectivity index (χ0) is 16.8. The van der Waals surface area contributed by atoms with Gasteiger partial charge in [0.15, 0.2) is 11.5 Å². The molecule has 0 unspecified atom stereocenters. The molecule has 5 nitrogen and oxygen atoms in total. The number of benzene rings is 1. The van der Waals surface area contributed by atoms with Crippen LogP contribution in [0.2, 0.25) is 0 Å². The molecular weight excluding hydrogens is 304 g/mol. The monoisotopic (exact) mass is 328 g/mol. The molecule has 24 heavy (non-hydrogen) atoms. The Morgan fingerprint density at radius 2 is 2.08 bits per heavy atom. The van der Waals surface area contributed by atoms with Crippen LogP contribution < -0.4 is 14.8 Å². The van der Waals surface area contributed by atoms with E-state index in [0.717, 1.165) is 30.4 Å². The van der Waals surface area contributed by atoms with E-state index < -0.39 is 5.60 Å². The van der Waals surface area contributed by atoms with Crippen molar-refractivity contribution in [2.24, 2.45) is 0 Å². The highest BCUT2D eigenvalue weighted by Gasteiger charge is 2.33. The van der Waals surface area contributed by atoms with Gasteiger partial charge in [0.25, 0.3) is 0 Å². The quantitative estimate of drug-likeness (QED) is 0.780. The molecular formula is C19H24N2O3. The summed E-state index contributed by atoms with van der Waals surface area (Å²) in [5.41, 5.74) is 1.60. The first-order valence-corrected chi connectivity index (χ1v) is 8.30. The highest BCUT2D eigenvalue weighted by molar-refractivity contribution is 5.43. The summed E-state index contributed by atoms with van der Waals surface area (Å²) in [7, 11) is 1.64. The van der Waals surface area contributed by atoms with E-state index in [1.165, 1.54) is 0 Å². The van der Waals surface area contributed by atoms with E-state index in [-0.39, 0.29) is 0 Å². The van der Waals surface area contributed by atoms with Gasteiger partial charge in [-0.3, -0.25) is 4.98 Å². The maximum Gasteiger partial charge on any atom is 0.161 e. The van der Waals surface area contributed by atoms with Gasteiger partial charge in [-0.2, -0.15) is 0 Å². The molecule has 1 aromatic heterocycles. The topological polar surface area (TPSA) is 63.6 Å². The SMILES string of the molecule is COc1ccc(CNCC2(O)CCC2)cc1OCc1cccnc1. The van der Waals surface area contributed by atoms with Gasteiger partial charge in [0.05, 0.1) is 12.7 Å².